The van der Waals surface area contributed by atoms with Gasteiger partial charge < -0.3 is 9.84 Å². The molecule has 0 heterocycles. The summed E-state index contributed by atoms with van der Waals surface area (Å²) in [6.07, 6.45) is 0. The van der Waals surface area contributed by atoms with Crippen LogP contribution < -0.4 is 0 Å². The third-order valence-electron chi connectivity index (χ3n) is 1.65. The zero-order valence-corrected chi connectivity index (χ0v) is 12.0. The predicted molar refractivity (Wildman–Crippen MR) is 74.2 cm³/mol. The standard InChI is InChI=1S/C10H10I2O2/c1-3-14-6(2)8-4-7(11)5-9(12)10(8)13/h4-5,13H,2-3H2,1H3. The van der Waals surface area contributed by atoms with Gasteiger partial charge in [0.2, 0.25) is 0 Å². The molecule has 1 N–H and O–H groups in total. The Labute approximate surface area is 111 Å². The van der Waals surface area contributed by atoms with Crippen molar-refractivity contribution in [1.82, 2.24) is 0 Å². The quantitative estimate of drug-likeness (QED) is 0.603. The number of hydrogen-bond acceptors (Lipinski definition) is 2. The molecular formula is C10H10I2O2. The van der Waals surface area contributed by atoms with Crippen molar-refractivity contribution in [3.8, 4) is 5.75 Å². The molecule has 14 heavy (non-hydrogen) atoms. The van der Waals surface area contributed by atoms with Gasteiger partial charge in [-0.3, -0.25) is 0 Å². The van der Waals surface area contributed by atoms with Crippen LogP contribution in [0.25, 0.3) is 5.76 Å². The van der Waals surface area contributed by atoms with Crippen LogP contribution in [0.4, 0.5) is 0 Å². The molecule has 0 amide bonds. The molecule has 0 spiro atoms. The monoisotopic (exact) mass is 416 g/mol. The highest BCUT2D eigenvalue weighted by Crippen LogP contribution is 2.31. The highest BCUT2D eigenvalue weighted by atomic mass is 127. The van der Waals surface area contributed by atoms with Gasteiger partial charge in [0.05, 0.1) is 15.7 Å². The number of ether oxygens (including phenoxy) is 1. The summed E-state index contributed by atoms with van der Waals surface area (Å²) in [5.74, 6) is 0.755. The first kappa shape index (κ1) is 12.1. The Bertz CT molecular complexity index is 361. The molecule has 0 bridgehead atoms. The van der Waals surface area contributed by atoms with Crippen molar-refractivity contribution in [2.45, 2.75) is 6.92 Å². The van der Waals surface area contributed by atoms with Gasteiger partial charge in [-0.15, -0.1) is 0 Å². The summed E-state index contributed by atoms with van der Waals surface area (Å²) in [4.78, 5) is 0. The highest BCUT2D eigenvalue weighted by molar-refractivity contribution is 14.1. The fourth-order valence-corrected chi connectivity index (χ4v) is 2.88. The molecule has 0 aromatic heterocycles. The normalized spacial score (nSPS) is 9.93. The molecule has 0 saturated heterocycles. The Hall–Kier alpha value is 0.0200. The van der Waals surface area contributed by atoms with Crippen LogP contribution in [0.5, 0.6) is 5.75 Å². The number of benzene rings is 1. The minimum absolute atomic E-state index is 0.240. The summed E-state index contributed by atoms with van der Waals surface area (Å²) in [5, 5.41) is 9.77. The average molecular weight is 416 g/mol. The van der Waals surface area contributed by atoms with Crippen LogP contribution >= 0.6 is 45.2 Å². The minimum Gasteiger partial charge on any atom is -0.506 e. The van der Waals surface area contributed by atoms with Crippen LogP contribution in [0.15, 0.2) is 18.7 Å². The van der Waals surface area contributed by atoms with E-state index >= 15 is 0 Å². The van der Waals surface area contributed by atoms with E-state index in [9.17, 15) is 5.11 Å². The Morgan fingerprint density at radius 1 is 1.50 bits per heavy atom. The molecular weight excluding hydrogens is 406 g/mol. The zero-order chi connectivity index (χ0) is 10.7. The summed E-state index contributed by atoms with van der Waals surface area (Å²) in [5.41, 5.74) is 0.670. The van der Waals surface area contributed by atoms with Crippen LogP contribution in [0.2, 0.25) is 0 Å². The highest BCUT2D eigenvalue weighted by Gasteiger charge is 2.10. The van der Waals surface area contributed by atoms with Crippen molar-refractivity contribution in [2.75, 3.05) is 6.61 Å². The molecule has 0 radical (unpaired) electrons. The fraction of sp³-hybridized carbons (Fsp3) is 0.200. The predicted octanol–water partition coefficient (Wildman–Crippen LogP) is 3.61. The van der Waals surface area contributed by atoms with E-state index in [0.29, 0.717) is 17.9 Å². The minimum atomic E-state index is 0.240. The molecule has 0 aliphatic heterocycles. The van der Waals surface area contributed by atoms with Gasteiger partial charge in [0.15, 0.2) is 0 Å². The van der Waals surface area contributed by atoms with Gasteiger partial charge in [0.25, 0.3) is 0 Å². The second-order valence-corrected chi connectivity index (χ2v) is 5.05. The lowest BCUT2D eigenvalue weighted by Gasteiger charge is -2.10. The third kappa shape index (κ3) is 2.75. The molecule has 2 nitrogen and oxygen atoms in total. The van der Waals surface area contributed by atoms with E-state index in [1.165, 1.54) is 0 Å². The molecule has 76 valence electrons. The van der Waals surface area contributed by atoms with Crippen molar-refractivity contribution in [3.63, 3.8) is 0 Å². The summed E-state index contributed by atoms with van der Waals surface area (Å²) < 4.78 is 7.12. The number of halogens is 2. The number of rotatable bonds is 3. The van der Waals surface area contributed by atoms with Gasteiger partial charge in [-0.1, -0.05) is 6.58 Å². The molecule has 1 aromatic rings. The van der Waals surface area contributed by atoms with E-state index in [1.807, 2.05) is 19.1 Å². The van der Waals surface area contributed by atoms with E-state index in [4.69, 9.17) is 4.74 Å². The van der Waals surface area contributed by atoms with E-state index < -0.39 is 0 Å². The molecule has 4 heteroatoms. The van der Waals surface area contributed by atoms with Crippen molar-refractivity contribution in [3.05, 3.63) is 31.4 Å². The van der Waals surface area contributed by atoms with Gasteiger partial charge >= 0.3 is 0 Å². The van der Waals surface area contributed by atoms with Gasteiger partial charge in [-0.2, -0.15) is 0 Å². The van der Waals surface area contributed by atoms with Gasteiger partial charge in [0, 0.05) is 3.57 Å². The lowest BCUT2D eigenvalue weighted by atomic mass is 10.2. The van der Waals surface area contributed by atoms with E-state index in [0.717, 1.165) is 7.14 Å². The summed E-state index contributed by atoms with van der Waals surface area (Å²) in [6, 6.07) is 3.76. The van der Waals surface area contributed by atoms with Crippen molar-refractivity contribution < 1.29 is 9.84 Å². The number of phenols is 1. The molecule has 1 aromatic carbocycles. The van der Waals surface area contributed by atoms with E-state index in [1.54, 1.807) is 0 Å². The summed E-state index contributed by atoms with van der Waals surface area (Å²) in [6.45, 7) is 6.21. The van der Waals surface area contributed by atoms with Crippen LogP contribution in [-0.4, -0.2) is 11.7 Å². The molecule has 0 aliphatic rings. The fourth-order valence-electron chi connectivity index (χ4n) is 1.03. The smallest absolute Gasteiger partial charge is 0.139 e. The summed E-state index contributed by atoms with van der Waals surface area (Å²) >= 11 is 4.28. The third-order valence-corrected chi connectivity index (χ3v) is 3.09. The van der Waals surface area contributed by atoms with Crippen LogP contribution in [-0.2, 0) is 4.74 Å². The molecule has 0 atom stereocenters. The first-order valence-corrected chi connectivity index (χ1v) is 6.22. The van der Waals surface area contributed by atoms with Gasteiger partial charge in [-0.25, -0.2) is 0 Å². The zero-order valence-electron chi connectivity index (χ0n) is 7.68. The molecule has 0 fully saturated rings. The average Bonchev–Trinajstić information content (AvgIpc) is 2.11. The van der Waals surface area contributed by atoms with Crippen LogP contribution in [0.1, 0.15) is 12.5 Å². The second-order valence-electron chi connectivity index (χ2n) is 2.64. The first-order chi connectivity index (χ1) is 6.56. The lowest BCUT2D eigenvalue weighted by molar-refractivity contribution is 0.297. The van der Waals surface area contributed by atoms with Crippen molar-refractivity contribution in [2.24, 2.45) is 0 Å². The Morgan fingerprint density at radius 2 is 2.14 bits per heavy atom. The topological polar surface area (TPSA) is 29.5 Å². The first-order valence-electron chi connectivity index (χ1n) is 4.06. The van der Waals surface area contributed by atoms with Crippen LogP contribution in [0, 0.1) is 7.14 Å². The maximum Gasteiger partial charge on any atom is 0.139 e. The van der Waals surface area contributed by atoms with Crippen molar-refractivity contribution >= 4 is 50.9 Å². The van der Waals surface area contributed by atoms with E-state index in [-0.39, 0.29) is 5.75 Å². The Morgan fingerprint density at radius 3 is 2.71 bits per heavy atom. The SMILES string of the molecule is C=C(OCC)c1cc(I)cc(I)c1O. The number of phenolic OH excluding ortho intramolecular Hbond substituents is 1. The number of hydrogen-bond donors (Lipinski definition) is 1. The maximum atomic E-state index is 9.77. The van der Waals surface area contributed by atoms with Gasteiger partial charge in [0.1, 0.15) is 11.5 Å². The Kier molecular flexibility index (Phi) is 4.49. The molecule has 0 unspecified atom stereocenters. The lowest BCUT2D eigenvalue weighted by Crippen LogP contribution is -1.93. The molecule has 1 rings (SSSR count). The number of aromatic hydroxyl groups is 1. The molecule has 0 saturated carbocycles. The largest absolute Gasteiger partial charge is 0.506 e. The van der Waals surface area contributed by atoms with E-state index in [2.05, 4.69) is 51.8 Å². The van der Waals surface area contributed by atoms with Gasteiger partial charge in [-0.05, 0) is 64.2 Å². The molecule has 0 aliphatic carbocycles. The van der Waals surface area contributed by atoms with Crippen LogP contribution in [0.3, 0.4) is 0 Å². The summed E-state index contributed by atoms with van der Waals surface area (Å²) in [7, 11) is 0. The van der Waals surface area contributed by atoms with Crippen molar-refractivity contribution in [1.29, 1.82) is 0 Å². The second kappa shape index (κ2) is 5.20. The Balaban J connectivity index is 3.13. The maximum absolute atomic E-state index is 9.77.